The highest BCUT2D eigenvalue weighted by molar-refractivity contribution is 4.62. The Labute approximate surface area is 69.2 Å². The minimum Gasteiger partial charge on any atom is -0.303 e. The quantitative estimate of drug-likeness (QED) is 0.609. The van der Waals surface area contributed by atoms with Crippen LogP contribution in [0.2, 0.25) is 0 Å². The summed E-state index contributed by atoms with van der Waals surface area (Å²) < 4.78 is 0. The van der Waals surface area contributed by atoms with Gasteiger partial charge in [0.1, 0.15) is 0 Å². The van der Waals surface area contributed by atoms with E-state index in [1.807, 2.05) is 0 Å². The molecule has 0 atom stereocenters. The summed E-state index contributed by atoms with van der Waals surface area (Å²) in [6.07, 6.45) is 6.26. The molecule has 1 aliphatic heterocycles. The molecule has 1 fully saturated rings. The van der Waals surface area contributed by atoms with Crippen molar-refractivity contribution in [3.8, 4) is 0 Å². The Kier molecular flexibility index (Phi) is 4.55. The predicted octanol–water partition coefficient (Wildman–Crippen LogP) is 1.68. The van der Waals surface area contributed by atoms with Crippen LogP contribution in [0.3, 0.4) is 0 Å². The molecule has 0 aromatic rings. The zero-order chi connectivity index (χ0) is 7.94. The SMILES string of the molecule is [O]CCCN1CCCCCC1. The molecule has 11 heavy (non-hydrogen) atoms. The van der Waals surface area contributed by atoms with E-state index >= 15 is 0 Å². The first-order valence-corrected chi connectivity index (χ1v) is 4.74. The fourth-order valence-electron chi connectivity index (χ4n) is 1.65. The van der Waals surface area contributed by atoms with Crippen molar-refractivity contribution in [3.63, 3.8) is 0 Å². The molecule has 1 saturated heterocycles. The van der Waals surface area contributed by atoms with Crippen LogP contribution in [0.4, 0.5) is 0 Å². The van der Waals surface area contributed by atoms with Crippen LogP contribution in [0.15, 0.2) is 0 Å². The fourth-order valence-corrected chi connectivity index (χ4v) is 1.65. The number of hydrogen-bond donors (Lipinski definition) is 0. The number of hydrogen-bond acceptors (Lipinski definition) is 1. The van der Waals surface area contributed by atoms with E-state index in [1.54, 1.807) is 0 Å². The van der Waals surface area contributed by atoms with E-state index in [1.165, 1.54) is 38.8 Å². The first-order chi connectivity index (χ1) is 5.43. The van der Waals surface area contributed by atoms with E-state index in [-0.39, 0.29) is 6.61 Å². The average molecular weight is 156 g/mol. The zero-order valence-corrected chi connectivity index (χ0v) is 7.22. The maximum Gasteiger partial charge on any atom is 0.0834 e. The van der Waals surface area contributed by atoms with E-state index < -0.39 is 0 Å². The second-order valence-corrected chi connectivity index (χ2v) is 3.31. The van der Waals surface area contributed by atoms with E-state index in [0.29, 0.717) is 0 Å². The monoisotopic (exact) mass is 156 g/mol. The smallest absolute Gasteiger partial charge is 0.0834 e. The summed E-state index contributed by atoms with van der Waals surface area (Å²) in [6, 6.07) is 0. The minimum absolute atomic E-state index is 0.0938. The molecule has 1 rings (SSSR count). The van der Waals surface area contributed by atoms with Crippen LogP contribution in [-0.4, -0.2) is 31.1 Å². The number of rotatable bonds is 3. The Balaban J connectivity index is 2.09. The summed E-state index contributed by atoms with van der Waals surface area (Å²) in [5, 5.41) is 10.2. The number of nitrogens with zero attached hydrogens (tertiary/aromatic N) is 1. The van der Waals surface area contributed by atoms with Gasteiger partial charge in [0, 0.05) is 6.54 Å². The Morgan fingerprint density at radius 3 is 2.18 bits per heavy atom. The molecule has 0 N–H and O–H groups in total. The largest absolute Gasteiger partial charge is 0.303 e. The molecular weight excluding hydrogens is 138 g/mol. The van der Waals surface area contributed by atoms with Crippen LogP contribution in [0.5, 0.6) is 0 Å². The topological polar surface area (TPSA) is 23.1 Å². The van der Waals surface area contributed by atoms with Crippen molar-refractivity contribution in [1.29, 1.82) is 0 Å². The molecule has 0 amide bonds. The lowest BCUT2D eigenvalue weighted by atomic mass is 10.2. The molecular formula is C9H18NO. The van der Waals surface area contributed by atoms with Crippen molar-refractivity contribution >= 4 is 0 Å². The highest BCUT2D eigenvalue weighted by Crippen LogP contribution is 2.09. The van der Waals surface area contributed by atoms with Crippen LogP contribution in [0.1, 0.15) is 32.1 Å². The third-order valence-electron chi connectivity index (χ3n) is 2.32. The van der Waals surface area contributed by atoms with Crippen LogP contribution in [0, 0.1) is 0 Å². The molecule has 0 aromatic carbocycles. The lowest BCUT2D eigenvalue weighted by Crippen LogP contribution is -2.26. The molecule has 1 radical (unpaired) electrons. The van der Waals surface area contributed by atoms with E-state index in [4.69, 9.17) is 0 Å². The normalized spacial score (nSPS) is 21.5. The van der Waals surface area contributed by atoms with Crippen LogP contribution < -0.4 is 0 Å². The van der Waals surface area contributed by atoms with Gasteiger partial charge in [0.15, 0.2) is 0 Å². The average Bonchev–Trinajstić information content (AvgIpc) is 2.28. The van der Waals surface area contributed by atoms with Gasteiger partial charge < -0.3 is 4.90 Å². The lowest BCUT2D eigenvalue weighted by Gasteiger charge is -2.18. The second kappa shape index (κ2) is 5.56. The Morgan fingerprint density at radius 1 is 1.00 bits per heavy atom. The third kappa shape index (κ3) is 3.73. The first-order valence-electron chi connectivity index (χ1n) is 4.74. The Hall–Kier alpha value is -0.0800. The van der Waals surface area contributed by atoms with Crippen molar-refractivity contribution in [1.82, 2.24) is 4.90 Å². The standard InChI is InChI=1S/C9H18NO/c11-9-5-8-10-6-3-1-2-4-7-10/h1-9H2. The molecule has 0 saturated carbocycles. The van der Waals surface area contributed by atoms with E-state index in [0.717, 1.165) is 13.0 Å². The van der Waals surface area contributed by atoms with Crippen molar-refractivity contribution in [2.75, 3.05) is 26.2 Å². The summed E-state index contributed by atoms with van der Waals surface area (Å²) in [5.41, 5.74) is 0. The zero-order valence-electron chi connectivity index (χ0n) is 7.22. The predicted molar refractivity (Wildman–Crippen MR) is 45.1 cm³/mol. The molecule has 0 aliphatic carbocycles. The molecule has 0 unspecified atom stereocenters. The second-order valence-electron chi connectivity index (χ2n) is 3.31. The summed E-state index contributed by atoms with van der Waals surface area (Å²) in [5.74, 6) is 0. The van der Waals surface area contributed by atoms with E-state index in [2.05, 4.69) is 4.90 Å². The van der Waals surface area contributed by atoms with Gasteiger partial charge in [-0.1, -0.05) is 12.8 Å². The van der Waals surface area contributed by atoms with Crippen LogP contribution in [-0.2, 0) is 5.11 Å². The van der Waals surface area contributed by atoms with Crippen LogP contribution >= 0.6 is 0 Å². The van der Waals surface area contributed by atoms with Gasteiger partial charge in [0.2, 0.25) is 0 Å². The van der Waals surface area contributed by atoms with Gasteiger partial charge in [-0.15, -0.1) is 0 Å². The van der Waals surface area contributed by atoms with Gasteiger partial charge in [-0.2, -0.15) is 0 Å². The van der Waals surface area contributed by atoms with E-state index in [9.17, 15) is 5.11 Å². The van der Waals surface area contributed by atoms with Crippen molar-refractivity contribution < 1.29 is 5.11 Å². The van der Waals surface area contributed by atoms with Crippen LogP contribution in [0.25, 0.3) is 0 Å². The van der Waals surface area contributed by atoms with Crippen molar-refractivity contribution in [2.24, 2.45) is 0 Å². The maximum atomic E-state index is 10.2. The first kappa shape index (κ1) is 9.01. The molecule has 1 heterocycles. The van der Waals surface area contributed by atoms with Gasteiger partial charge in [-0.3, -0.25) is 0 Å². The summed E-state index contributed by atoms with van der Waals surface area (Å²) in [4.78, 5) is 2.44. The van der Waals surface area contributed by atoms with Gasteiger partial charge in [-0.05, 0) is 32.4 Å². The molecule has 0 aromatic heterocycles. The highest BCUT2D eigenvalue weighted by atomic mass is 16.3. The maximum absolute atomic E-state index is 10.2. The number of likely N-dealkylation sites (tertiary alicyclic amines) is 1. The van der Waals surface area contributed by atoms with Gasteiger partial charge in [0.25, 0.3) is 0 Å². The molecule has 1 aliphatic rings. The van der Waals surface area contributed by atoms with Gasteiger partial charge in [0.05, 0.1) is 6.61 Å². The van der Waals surface area contributed by atoms with Crippen molar-refractivity contribution in [2.45, 2.75) is 32.1 Å². The fraction of sp³-hybridized carbons (Fsp3) is 1.00. The lowest BCUT2D eigenvalue weighted by molar-refractivity contribution is 0.166. The molecule has 2 nitrogen and oxygen atoms in total. The highest BCUT2D eigenvalue weighted by Gasteiger charge is 2.07. The van der Waals surface area contributed by atoms with Crippen molar-refractivity contribution in [3.05, 3.63) is 0 Å². The van der Waals surface area contributed by atoms with Gasteiger partial charge >= 0.3 is 0 Å². The molecule has 0 spiro atoms. The molecule has 65 valence electrons. The summed E-state index contributed by atoms with van der Waals surface area (Å²) >= 11 is 0. The molecule has 2 heteroatoms. The molecule has 0 bridgehead atoms. The Bertz CT molecular complexity index is 87.6. The minimum atomic E-state index is 0.0938. The summed E-state index contributed by atoms with van der Waals surface area (Å²) in [7, 11) is 0. The summed E-state index contributed by atoms with van der Waals surface area (Å²) in [6.45, 7) is 3.57. The Morgan fingerprint density at radius 2 is 1.64 bits per heavy atom. The third-order valence-corrected chi connectivity index (χ3v) is 2.32. The van der Waals surface area contributed by atoms with Gasteiger partial charge in [-0.25, -0.2) is 5.11 Å².